The van der Waals surface area contributed by atoms with Gasteiger partial charge in [-0.25, -0.2) is 4.79 Å². The summed E-state index contributed by atoms with van der Waals surface area (Å²) in [6.45, 7) is 10.8. The van der Waals surface area contributed by atoms with Crippen molar-refractivity contribution in [3.05, 3.63) is 29.8 Å². The van der Waals surface area contributed by atoms with Crippen molar-refractivity contribution in [2.24, 2.45) is 0 Å². The lowest BCUT2D eigenvalue weighted by Crippen LogP contribution is -2.27. The van der Waals surface area contributed by atoms with Gasteiger partial charge in [0.2, 0.25) is 0 Å². The molecule has 1 aromatic rings. The van der Waals surface area contributed by atoms with Crippen LogP contribution in [-0.4, -0.2) is 17.7 Å². The van der Waals surface area contributed by atoms with Crippen molar-refractivity contribution in [3.63, 3.8) is 0 Å². The van der Waals surface area contributed by atoms with Crippen LogP contribution in [0, 0.1) is 0 Å². The Morgan fingerprint density at radius 1 is 1.14 bits per heavy atom. The number of benzene rings is 1. The van der Waals surface area contributed by atoms with E-state index in [0.717, 1.165) is 25.1 Å². The van der Waals surface area contributed by atoms with Gasteiger partial charge in [0.15, 0.2) is 0 Å². The maximum absolute atomic E-state index is 11.7. The van der Waals surface area contributed by atoms with Crippen LogP contribution in [0.3, 0.4) is 0 Å². The number of rotatable bonds is 6. The van der Waals surface area contributed by atoms with E-state index in [0.29, 0.717) is 6.04 Å². The predicted molar refractivity (Wildman–Crippen MR) is 87.5 cm³/mol. The zero-order valence-electron chi connectivity index (χ0n) is 13.8. The monoisotopic (exact) mass is 292 g/mol. The fourth-order valence-corrected chi connectivity index (χ4v) is 1.97. The van der Waals surface area contributed by atoms with Gasteiger partial charge < -0.3 is 10.1 Å². The lowest BCUT2D eigenvalue weighted by molar-refractivity contribution is 0.0636. The molecule has 0 aliphatic rings. The van der Waals surface area contributed by atoms with Gasteiger partial charge in [0.25, 0.3) is 0 Å². The fourth-order valence-electron chi connectivity index (χ4n) is 1.97. The zero-order chi connectivity index (χ0) is 15.9. The van der Waals surface area contributed by atoms with Crippen LogP contribution in [0.4, 0.5) is 10.5 Å². The number of carbonyl (C=O) groups excluding carboxylic acids is 1. The van der Waals surface area contributed by atoms with Crippen LogP contribution in [0.1, 0.15) is 53.0 Å². The van der Waals surface area contributed by atoms with Gasteiger partial charge in [-0.3, -0.25) is 5.32 Å². The van der Waals surface area contributed by atoms with Crippen LogP contribution in [0.15, 0.2) is 24.3 Å². The van der Waals surface area contributed by atoms with Crippen LogP contribution in [0.25, 0.3) is 0 Å². The summed E-state index contributed by atoms with van der Waals surface area (Å²) in [7, 11) is 0. The Morgan fingerprint density at radius 3 is 2.19 bits per heavy atom. The lowest BCUT2D eigenvalue weighted by Gasteiger charge is -2.19. The Labute approximate surface area is 128 Å². The Bertz CT molecular complexity index is 431. The number of carbonyl (C=O) groups is 1. The summed E-state index contributed by atoms with van der Waals surface area (Å²) < 4.78 is 5.22. The molecule has 0 atom stereocenters. The number of amides is 1. The smallest absolute Gasteiger partial charge is 0.412 e. The van der Waals surface area contributed by atoms with Crippen LogP contribution in [0.2, 0.25) is 0 Å². The van der Waals surface area contributed by atoms with E-state index in [1.807, 2.05) is 45.0 Å². The Kier molecular flexibility index (Phi) is 6.69. The van der Waals surface area contributed by atoms with Crippen molar-refractivity contribution in [1.82, 2.24) is 5.32 Å². The molecule has 0 aliphatic heterocycles. The quantitative estimate of drug-likeness (QED) is 0.821. The molecule has 0 spiro atoms. The summed E-state index contributed by atoms with van der Waals surface area (Å²) in [5.41, 5.74) is 1.47. The normalized spacial score (nSPS) is 11.5. The summed E-state index contributed by atoms with van der Waals surface area (Å²) in [4.78, 5) is 11.7. The average molecular weight is 292 g/mol. The van der Waals surface area contributed by atoms with Gasteiger partial charge in [-0.15, -0.1) is 0 Å². The molecule has 0 saturated heterocycles. The van der Waals surface area contributed by atoms with Gasteiger partial charge in [0.05, 0.1) is 0 Å². The van der Waals surface area contributed by atoms with Crippen molar-refractivity contribution in [3.8, 4) is 0 Å². The average Bonchev–Trinajstić information content (AvgIpc) is 2.39. The minimum absolute atomic E-state index is 0.426. The molecule has 21 heavy (non-hydrogen) atoms. The standard InChI is InChI=1S/C17H28N2O2/c1-6-14(7-2)18-12-13-8-10-15(11-9-13)19-16(20)21-17(3,4)5/h8-11,14,18H,6-7,12H2,1-5H3,(H,19,20). The molecule has 0 saturated carbocycles. The molecular formula is C17H28N2O2. The van der Waals surface area contributed by atoms with E-state index < -0.39 is 11.7 Å². The van der Waals surface area contributed by atoms with Crippen molar-refractivity contribution in [2.45, 2.75) is 65.6 Å². The van der Waals surface area contributed by atoms with Crippen LogP contribution >= 0.6 is 0 Å². The minimum atomic E-state index is -0.483. The molecule has 0 aromatic heterocycles. The number of ether oxygens (including phenoxy) is 1. The van der Waals surface area contributed by atoms with Gasteiger partial charge in [-0.2, -0.15) is 0 Å². The van der Waals surface area contributed by atoms with E-state index in [4.69, 9.17) is 4.74 Å². The molecule has 4 heteroatoms. The second kappa shape index (κ2) is 8.03. The van der Waals surface area contributed by atoms with E-state index in [-0.39, 0.29) is 0 Å². The Hall–Kier alpha value is -1.55. The lowest BCUT2D eigenvalue weighted by atomic mass is 10.1. The third-order valence-electron chi connectivity index (χ3n) is 3.18. The highest BCUT2D eigenvalue weighted by Crippen LogP contribution is 2.13. The Balaban J connectivity index is 2.48. The molecule has 0 fully saturated rings. The number of nitrogens with one attached hydrogen (secondary N) is 2. The molecule has 118 valence electrons. The molecule has 0 radical (unpaired) electrons. The summed E-state index contributed by atoms with van der Waals surface area (Å²) in [5.74, 6) is 0. The highest BCUT2D eigenvalue weighted by atomic mass is 16.6. The maximum Gasteiger partial charge on any atom is 0.412 e. The first-order valence-corrected chi connectivity index (χ1v) is 7.66. The summed E-state index contributed by atoms with van der Waals surface area (Å²) in [6.07, 6.45) is 1.84. The fraction of sp³-hybridized carbons (Fsp3) is 0.588. The second-order valence-electron chi connectivity index (χ2n) is 6.22. The van der Waals surface area contributed by atoms with Gasteiger partial charge in [0.1, 0.15) is 5.60 Å². The molecule has 4 nitrogen and oxygen atoms in total. The van der Waals surface area contributed by atoms with Crippen molar-refractivity contribution < 1.29 is 9.53 Å². The first-order valence-electron chi connectivity index (χ1n) is 7.66. The van der Waals surface area contributed by atoms with Crippen molar-refractivity contribution >= 4 is 11.8 Å². The second-order valence-corrected chi connectivity index (χ2v) is 6.22. The first-order chi connectivity index (χ1) is 9.84. The maximum atomic E-state index is 11.7. The first kappa shape index (κ1) is 17.5. The SMILES string of the molecule is CCC(CC)NCc1ccc(NC(=O)OC(C)(C)C)cc1. The van der Waals surface area contributed by atoms with Crippen LogP contribution in [0.5, 0.6) is 0 Å². The molecule has 1 amide bonds. The highest BCUT2D eigenvalue weighted by Gasteiger charge is 2.16. The van der Waals surface area contributed by atoms with Crippen LogP contribution < -0.4 is 10.6 Å². The molecule has 0 heterocycles. The van der Waals surface area contributed by atoms with E-state index in [2.05, 4.69) is 24.5 Å². The van der Waals surface area contributed by atoms with Gasteiger partial charge in [0, 0.05) is 18.3 Å². The molecule has 0 bridgehead atoms. The van der Waals surface area contributed by atoms with E-state index in [1.165, 1.54) is 5.56 Å². The minimum Gasteiger partial charge on any atom is -0.444 e. The van der Waals surface area contributed by atoms with E-state index in [9.17, 15) is 4.79 Å². The number of hydrogen-bond acceptors (Lipinski definition) is 3. The predicted octanol–water partition coefficient (Wildman–Crippen LogP) is 4.31. The van der Waals surface area contributed by atoms with Gasteiger partial charge in [-0.05, 0) is 51.3 Å². The van der Waals surface area contributed by atoms with E-state index >= 15 is 0 Å². The highest BCUT2D eigenvalue weighted by molar-refractivity contribution is 5.84. The molecule has 1 aromatic carbocycles. The summed E-state index contributed by atoms with van der Waals surface area (Å²) in [6, 6.07) is 8.39. The van der Waals surface area contributed by atoms with Crippen LogP contribution in [-0.2, 0) is 11.3 Å². The van der Waals surface area contributed by atoms with Crippen molar-refractivity contribution in [1.29, 1.82) is 0 Å². The largest absolute Gasteiger partial charge is 0.444 e. The molecule has 0 aliphatic carbocycles. The third-order valence-corrected chi connectivity index (χ3v) is 3.18. The summed E-state index contributed by atoms with van der Waals surface area (Å²) in [5, 5.41) is 6.25. The molecular weight excluding hydrogens is 264 g/mol. The van der Waals surface area contributed by atoms with E-state index in [1.54, 1.807) is 0 Å². The van der Waals surface area contributed by atoms with Crippen molar-refractivity contribution in [2.75, 3.05) is 5.32 Å². The molecule has 2 N–H and O–H groups in total. The zero-order valence-corrected chi connectivity index (χ0v) is 13.8. The van der Waals surface area contributed by atoms with Gasteiger partial charge in [-0.1, -0.05) is 26.0 Å². The van der Waals surface area contributed by atoms with Gasteiger partial charge >= 0.3 is 6.09 Å². The Morgan fingerprint density at radius 2 is 1.71 bits per heavy atom. The summed E-state index contributed by atoms with van der Waals surface area (Å²) >= 11 is 0. The number of hydrogen-bond donors (Lipinski definition) is 2. The number of anilines is 1. The third kappa shape index (κ3) is 7.14. The topological polar surface area (TPSA) is 50.4 Å². The molecule has 1 rings (SSSR count). The molecule has 0 unspecified atom stereocenters.